The summed E-state index contributed by atoms with van der Waals surface area (Å²) < 4.78 is 42.1. The molecule has 107 heavy (non-hydrogen) atoms. The monoisotopic (exact) mass is 1670 g/mol. The van der Waals surface area contributed by atoms with Crippen LogP contribution in [-0.2, 0) is 65.9 Å². The number of imidazole rings is 4. The Morgan fingerprint density at radius 2 is 0.925 bits per heavy atom. The number of alkyl halides is 1. The van der Waals surface area contributed by atoms with E-state index < -0.39 is 41.3 Å². The van der Waals surface area contributed by atoms with Gasteiger partial charge >= 0.3 is 19.1 Å². The number of halogens is 4. The molecular formula is C76H96BBr3FN13O13. The summed E-state index contributed by atoms with van der Waals surface area (Å²) in [5.74, 6) is -1.07. The molecule has 26 nitrogen and oxygen atoms in total. The number of carbonyl (C=O) groups excluding carboxylic acids is 3. The second-order valence-corrected chi connectivity index (χ2v) is 27.9. The zero-order chi connectivity index (χ0) is 77.6. The molecule has 0 unspecified atom stereocenters. The van der Waals surface area contributed by atoms with Gasteiger partial charge in [-0.15, -0.1) is 0 Å². The van der Waals surface area contributed by atoms with Gasteiger partial charge in [0.15, 0.2) is 31.3 Å². The minimum absolute atomic E-state index is 0. The highest BCUT2D eigenvalue weighted by atomic mass is 79.9. The first-order valence-corrected chi connectivity index (χ1v) is 36.3. The number of carbonyl (C=O) groups is 4. The molecule has 0 bridgehead atoms. The largest absolute Gasteiger partial charge is 0.495 e. The van der Waals surface area contributed by atoms with Crippen LogP contribution in [0.25, 0.3) is 11.4 Å². The zero-order valence-electron chi connectivity index (χ0n) is 61.1. The number of benzene rings is 5. The van der Waals surface area contributed by atoms with Crippen molar-refractivity contribution in [3.05, 3.63) is 218 Å². The number of aryl methyl sites for hydroxylation is 3. The van der Waals surface area contributed by atoms with Crippen molar-refractivity contribution in [3.63, 3.8) is 0 Å². The number of esters is 1. The van der Waals surface area contributed by atoms with Crippen LogP contribution in [0.15, 0.2) is 136 Å². The first-order valence-electron chi connectivity index (χ1n) is 34.6. The highest BCUT2D eigenvalue weighted by Crippen LogP contribution is 2.37. The number of aliphatic hydroxyl groups excluding tert-OH is 1. The number of nitrogens with zero attached hydrogens (tertiary/aromatic N) is 10. The van der Waals surface area contributed by atoms with Gasteiger partial charge in [0.05, 0.1) is 59.5 Å². The molecule has 5 aliphatic heterocycles. The number of nitrogens with one attached hydrogen (secondary N) is 2. The summed E-state index contributed by atoms with van der Waals surface area (Å²) in [4.78, 5) is 85.6. The molecule has 574 valence electrons. The van der Waals surface area contributed by atoms with Crippen LogP contribution in [0.5, 0.6) is 0 Å². The number of hydrogen-bond acceptors (Lipinski definition) is 17. The Kier molecular flexibility index (Phi) is 33.3. The van der Waals surface area contributed by atoms with Crippen molar-refractivity contribution in [3.8, 4) is 11.4 Å². The summed E-state index contributed by atoms with van der Waals surface area (Å²) in [7, 11) is 0.819. The predicted octanol–water partition coefficient (Wildman–Crippen LogP) is 16.3. The summed E-state index contributed by atoms with van der Waals surface area (Å²) in [5.41, 5.74) is 17.1. The van der Waals surface area contributed by atoms with E-state index in [4.69, 9.17) is 26.6 Å². The molecule has 1 saturated heterocycles. The van der Waals surface area contributed by atoms with Crippen LogP contribution in [0.4, 0.5) is 32.8 Å². The minimum atomic E-state index is -1.00. The lowest BCUT2D eigenvalue weighted by atomic mass is 9.79. The molecular weight excluding hydrogens is 1570 g/mol. The number of methoxy groups -OCH3 is 1. The molecule has 5 aliphatic rings. The number of nitrogens with two attached hydrogens (primary N) is 1. The molecule has 0 spiro atoms. The van der Waals surface area contributed by atoms with Crippen molar-refractivity contribution in [2.45, 2.75) is 178 Å². The lowest BCUT2D eigenvalue weighted by Gasteiger charge is -2.32. The van der Waals surface area contributed by atoms with E-state index in [1.165, 1.54) is 42.5 Å². The number of rotatable bonds is 10. The smallest absolute Gasteiger partial charge is 0.476 e. The Morgan fingerprint density at radius 3 is 1.34 bits per heavy atom. The molecule has 4 aromatic heterocycles. The summed E-state index contributed by atoms with van der Waals surface area (Å²) in [6, 6.07) is 35.9. The highest BCUT2D eigenvalue weighted by molar-refractivity contribution is 9.10. The van der Waals surface area contributed by atoms with Crippen molar-refractivity contribution in [1.29, 1.82) is 0 Å². The third kappa shape index (κ3) is 23.1. The van der Waals surface area contributed by atoms with E-state index in [1.54, 1.807) is 24.3 Å². The molecule has 14 rings (SSSR count). The summed E-state index contributed by atoms with van der Waals surface area (Å²) in [5, 5.41) is 43.6. The van der Waals surface area contributed by atoms with Crippen LogP contribution in [0.1, 0.15) is 177 Å². The molecule has 1 fully saturated rings. The molecule has 0 aliphatic carbocycles. The van der Waals surface area contributed by atoms with E-state index >= 15 is 0 Å². The van der Waals surface area contributed by atoms with Gasteiger partial charge < -0.3 is 58.9 Å². The van der Waals surface area contributed by atoms with Crippen molar-refractivity contribution >= 4 is 113 Å². The number of nitro groups is 2. The number of aromatic nitrogens is 8. The molecule has 9 heterocycles. The van der Waals surface area contributed by atoms with E-state index in [1.807, 2.05) is 135 Å². The van der Waals surface area contributed by atoms with Crippen molar-refractivity contribution < 1.29 is 59.0 Å². The van der Waals surface area contributed by atoms with E-state index in [9.17, 15) is 43.8 Å². The normalized spacial score (nSPS) is 14.3. The van der Waals surface area contributed by atoms with Crippen LogP contribution in [-0.4, -0.2) is 122 Å². The number of non-ortho nitro benzene ring substituents is 2. The van der Waals surface area contributed by atoms with Gasteiger partial charge in [0.1, 0.15) is 11.5 Å². The average Bonchev–Trinajstić information content (AvgIpc) is 1.67. The van der Waals surface area contributed by atoms with Gasteiger partial charge in [-0.2, -0.15) is 0 Å². The maximum atomic E-state index is 12.9. The van der Waals surface area contributed by atoms with Crippen LogP contribution < -0.4 is 21.8 Å². The first-order chi connectivity index (χ1) is 50.5. The maximum Gasteiger partial charge on any atom is 0.495 e. The Bertz CT molecular complexity index is 4480. The quantitative estimate of drug-likeness (QED) is 0.0279. The summed E-state index contributed by atoms with van der Waals surface area (Å²) in [6.07, 6.45) is 12.0. The van der Waals surface area contributed by atoms with Gasteiger partial charge in [0.25, 0.3) is 23.2 Å². The fourth-order valence-corrected chi connectivity index (χ4v) is 13.5. The number of nitro benzene ring substituents is 2. The van der Waals surface area contributed by atoms with Gasteiger partial charge in [-0.3, -0.25) is 34.2 Å². The molecule has 6 N–H and O–H groups in total. The second-order valence-electron chi connectivity index (χ2n) is 25.8. The lowest BCUT2D eigenvalue weighted by molar-refractivity contribution is -0.385. The minimum Gasteiger partial charge on any atom is -0.476 e. The Balaban J connectivity index is 0.000000236. The van der Waals surface area contributed by atoms with Gasteiger partial charge in [0, 0.05) is 80.2 Å². The number of aliphatic hydroxyl groups is 1. The molecule has 2 amide bonds. The van der Waals surface area contributed by atoms with E-state index in [0.717, 1.165) is 160 Å². The van der Waals surface area contributed by atoms with Crippen molar-refractivity contribution in [2.75, 3.05) is 37.7 Å². The number of fused-ring (bicyclic) bond motifs is 4. The Hall–Kier alpha value is -9.27. The molecule has 31 heteroatoms. The molecule has 9 aromatic rings. The summed E-state index contributed by atoms with van der Waals surface area (Å²) in [6.45, 7) is 17.3. The maximum absolute atomic E-state index is 12.9. The SMILES string of the molecule is C.C.CC1(C)OB(c2cccc([N+](=O)[O-])c2)OC1(C)C.CO.COC(=O)c1nc(Br)n2c1CCCC2.Cc1ccc(N)cc1.Cc1ccc(NC(=O)c2nc(-c3cccc([N+](=O)[O-])c3)n3c2CCCC3)cc1.Cc1ccc(NC(=O)c2nc(Br)n3c2CCCC3)cc1.O=C(O)c1nc(Br)n2c1CCCC2.[2H]CF. The standard InChI is InChI=1S/C21H20N4O3.C15H16BrN3O.C12H16BNO4.C9H11BrN2O2.C8H9BrN2O2.C7H9N.CH3F.CH4O.2CH4/c1-14-8-10-16(11-9-14)22-21(26)19-18-7-2-3-12-24(18)20(23-19)15-5-4-6-17(13-15)25(27)28;1-10-5-7-11(8-6-10)17-14(20)13-12-4-2-3-9-19(12)15(16)18-13;1-11(2)12(3,4)18-13(17-11)9-6-5-7-10(8-9)14(15)16;1-14-8(13)7-6-4-2-3-5-12(6)9(10)11-7;9-8-10-6(7(12)13)5-3-1-2-4-11(5)8;1-6-2-4-7(8)5-3-6;2*1-2;;/h4-6,8-11,13H,2-3,7,12H2,1H3,(H,22,26);5-8H,2-4,9H2,1H3,(H,17,20);5-8H,1-4H3;2-5H2,1H3;1-4H2,(H,12,13);2-5H,8H2,1H3;1H3;2H,1H3;2*1H4/i;;;;;;1D;;;. The van der Waals surface area contributed by atoms with E-state index in [2.05, 4.69) is 87.7 Å². The van der Waals surface area contributed by atoms with Crippen LogP contribution >= 0.6 is 47.8 Å². The van der Waals surface area contributed by atoms with Gasteiger partial charge in [-0.05, 0) is 215 Å². The molecule has 0 radical (unpaired) electrons. The fourth-order valence-electron chi connectivity index (χ4n) is 11.8. The third-order valence-electron chi connectivity index (χ3n) is 18.0. The molecule has 0 atom stereocenters. The zero-order valence-corrected chi connectivity index (χ0v) is 64.8. The van der Waals surface area contributed by atoms with Gasteiger partial charge in [0.2, 0.25) is 0 Å². The highest BCUT2D eigenvalue weighted by Gasteiger charge is 2.52. The van der Waals surface area contributed by atoms with E-state index in [0.29, 0.717) is 44.4 Å². The average molecular weight is 1670 g/mol. The van der Waals surface area contributed by atoms with E-state index in [-0.39, 0.29) is 49.7 Å². The Morgan fingerprint density at radius 1 is 0.570 bits per heavy atom. The number of hydrogen-bond donors (Lipinski definition) is 5. The van der Waals surface area contributed by atoms with Crippen LogP contribution in [0, 0.1) is 41.0 Å². The fraction of sp³-hybridized carbons (Fsp3) is 0.395. The first kappa shape index (κ1) is 86.7. The van der Waals surface area contributed by atoms with Crippen LogP contribution in [0.2, 0.25) is 0 Å². The van der Waals surface area contributed by atoms with Crippen LogP contribution in [0.3, 0.4) is 0 Å². The van der Waals surface area contributed by atoms with Gasteiger partial charge in [-0.25, -0.2) is 29.5 Å². The lowest BCUT2D eigenvalue weighted by Crippen LogP contribution is -2.41. The number of carboxylic acids is 1. The number of amides is 2. The number of anilines is 3. The predicted molar refractivity (Wildman–Crippen MR) is 425 cm³/mol. The second kappa shape index (κ2) is 41.2. The Labute approximate surface area is 650 Å². The number of aromatic carboxylic acids is 1. The van der Waals surface area contributed by atoms with Crippen molar-refractivity contribution in [1.82, 2.24) is 38.2 Å². The number of carboxylic acid groups (broad SMARTS) is 1. The third-order valence-corrected chi connectivity index (χ3v) is 19.8. The van der Waals surface area contributed by atoms with Gasteiger partial charge in [-0.1, -0.05) is 92.2 Å². The molecule has 5 aromatic carbocycles. The van der Waals surface area contributed by atoms with Crippen molar-refractivity contribution in [2.24, 2.45) is 0 Å². The number of nitrogen functional groups attached to an aromatic ring is 1. The summed E-state index contributed by atoms with van der Waals surface area (Å²) >= 11 is 10.0. The molecule has 0 saturated carbocycles. The number of ether oxygens (including phenoxy) is 1. The topological polar surface area (TPSA) is 344 Å².